The minimum absolute atomic E-state index is 0.753. The molecule has 0 unspecified atom stereocenters. The van der Waals surface area contributed by atoms with Crippen molar-refractivity contribution in [3.8, 4) is 0 Å². The van der Waals surface area contributed by atoms with Gasteiger partial charge < -0.3 is 10.6 Å². The van der Waals surface area contributed by atoms with Gasteiger partial charge in [0.1, 0.15) is 0 Å². The number of nitrogens with one attached hydrogen (secondary N) is 2. The molecular formula is C27H26ClN3. The first-order chi connectivity index (χ1) is 15.3. The topological polar surface area (TPSA) is 37.0 Å². The maximum Gasteiger partial charge on any atom is 0.0406 e. The van der Waals surface area contributed by atoms with Crippen LogP contribution in [0, 0.1) is 0 Å². The third kappa shape index (κ3) is 5.80. The lowest BCUT2D eigenvalue weighted by atomic mass is 9.97. The number of pyridine rings is 1. The van der Waals surface area contributed by atoms with Gasteiger partial charge in [-0.25, -0.2) is 0 Å². The normalized spacial score (nSPS) is 11.7. The fraction of sp³-hybridized carbons (Fsp3) is 0.148. The summed E-state index contributed by atoms with van der Waals surface area (Å²) in [6, 6.07) is 26.9. The van der Waals surface area contributed by atoms with E-state index in [1.54, 1.807) is 0 Å². The zero-order valence-electron chi connectivity index (χ0n) is 17.4. The second-order valence-electron chi connectivity index (χ2n) is 7.39. The van der Waals surface area contributed by atoms with Crippen molar-refractivity contribution in [1.82, 2.24) is 15.6 Å². The summed E-state index contributed by atoms with van der Waals surface area (Å²) in [4.78, 5) is 4.20. The minimum atomic E-state index is 0.753. The quantitative estimate of drug-likeness (QED) is 0.336. The first kappa shape index (κ1) is 21.3. The Labute approximate surface area is 188 Å². The van der Waals surface area contributed by atoms with Crippen molar-refractivity contribution in [2.75, 3.05) is 19.6 Å². The van der Waals surface area contributed by atoms with Crippen molar-refractivity contribution in [3.05, 3.63) is 119 Å². The molecule has 0 atom stereocenters. The van der Waals surface area contributed by atoms with E-state index in [4.69, 9.17) is 11.6 Å². The average Bonchev–Trinajstić information content (AvgIpc) is 2.82. The SMILES string of the molecule is Clc1ccc(/C(=C/CNCCNCc2cccc3cnccc23)c2ccccc2)cc1. The number of hydrogen-bond donors (Lipinski definition) is 2. The molecule has 0 amide bonds. The Morgan fingerprint density at radius 3 is 2.42 bits per heavy atom. The smallest absolute Gasteiger partial charge is 0.0406 e. The van der Waals surface area contributed by atoms with Gasteiger partial charge in [-0.3, -0.25) is 4.98 Å². The Bertz CT molecular complexity index is 1130. The van der Waals surface area contributed by atoms with E-state index in [1.165, 1.54) is 33.0 Å². The van der Waals surface area contributed by atoms with Crippen molar-refractivity contribution >= 4 is 27.9 Å². The van der Waals surface area contributed by atoms with Crippen LogP contribution >= 0.6 is 11.6 Å². The van der Waals surface area contributed by atoms with Crippen LogP contribution in [0.3, 0.4) is 0 Å². The van der Waals surface area contributed by atoms with Gasteiger partial charge in [0.15, 0.2) is 0 Å². The Morgan fingerprint density at radius 2 is 1.58 bits per heavy atom. The highest BCUT2D eigenvalue weighted by Crippen LogP contribution is 2.24. The van der Waals surface area contributed by atoms with Gasteiger partial charge in [0.2, 0.25) is 0 Å². The Kier molecular flexibility index (Phi) is 7.46. The third-order valence-corrected chi connectivity index (χ3v) is 5.51. The fourth-order valence-electron chi connectivity index (χ4n) is 3.67. The first-order valence-electron chi connectivity index (χ1n) is 10.6. The maximum atomic E-state index is 6.07. The summed E-state index contributed by atoms with van der Waals surface area (Å²) in [6.45, 7) is 3.44. The number of hydrogen-bond acceptors (Lipinski definition) is 3. The van der Waals surface area contributed by atoms with E-state index in [0.29, 0.717) is 0 Å². The number of aromatic nitrogens is 1. The molecule has 4 aromatic rings. The van der Waals surface area contributed by atoms with Crippen LogP contribution in [0.2, 0.25) is 5.02 Å². The lowest BCUT2D eigenvalue weighted by Crippen LogP contribution is -2.27. The molecule has 0 spiro atoms. The summed E-state index contributed by atoms with van der Waals surface area (Å²) in [7, 11) is 0. The average molecular weight is 428 g/mol. The van der Waals surface area contributed by atoms with E-state index in [-0.39, 0.29) is 0 Å². The molecule has 0 saturated heterocycles. The molecule has 4 rings (SSSR count). The first-order valence-corrected chi connectivity index (χ1v) is 10.9. The maximum absolute atomic E-state index is 6.07. The summed E-state index contributed by atoms with van der Waals surface area (Å²) in [6.07, 6.45) is 6.01. The summed E-state index contributed by atoms with van der Waals surface area (Å²) in [5.41, 5.74) is 4.88. The minimum Gasteiger partial charge on any atom is -0.312 e. The molecule has 0 aliphatic rings. The zero-order valence-corrected chi connectivity index (χ0v) is 18.1. The number of nitrogens with zero attached hydrogens (tertiary/aromatic N) is 1. The lowest BCUT2D eigenvalue weighted by Gasteiger charge is -2.11. The van der Waals surface area contributed by atoms with Crippen molar-refractivity contribution < 1.29 is 0 Å². The monoisotopic (exact) mass is 427 g/mol. The highest BCUT2D eigenvalue weighted by atomic mass is 35.5. The molecule has 156 valence electrons. The van der Waals surface area contributed by atoms with Crippen LogP contribution in [0.1, 0.15) is 16.7 Å². The van der Waals surface area contributed by atoms with Gasteiger partial charge in [0.25, 0.3) is 0 Å². The standard InChI is InChI=1S/C27H26ClN3/c28-25-11-9-22(10-12-25)26(21-5-2-1-3-6-21)13-15-29-17-18-31-20-24-8-4-7-23-19-30-16-14-27(23)24/h1-14,16,19,29,31H,15,17-18,20H2/b26-13+. The highest BCUT2D eigenvalue weighted by molar-refractivity contribution is 6.30. The molecule has 1 aromatic heterocycles. The molecule has 0 saturated carbocycles. The second-order valence-corrected chi connectivity index (χ2v) is 7.82. The lowest BCUT2D eigenvalue weighted by molar-refractivity contribution is 0.637. The molecule has 4 heteroatoms. The number of fused-ring (bicyclic) bond motifs is 1. The highest BCUT2D eigenvalue weighted by Gasteiger charge is 2.04. The van der Waals surface area contributed by atoms with Gasteiger partial charge >= 0.3 is 0 Å². The van der Waals surface area contributed by atoms with Crippen LogP contribution in [0.4, 0.5) is 0 Å². The van der Waals surface area contributed by atoms with Gasteiger partial charge in [-0.1, -0.05) is 78.3 Å². The van der Waals surface area contributed by atoms with Crippen LogP contribution in [-0.4, -0.2) is 24.6 Å². The second kappa shape index (κ2) is 10.9. The molecule has 0 bridgehead atoms. The summed E-state index contributed by atoms with van der Waals surface area (Å²) >= 11 is 6.07. The Balaban J connectivity index is 1.31. The Hall–Kier alpha value is -2.98. The van der Waals surface area contributed by atoms with Crippen LogP contribution in [0.15, 0.2) is 97.3 Å². The molecule has 3 aromatic carbocycles. The van der Waals surface area contributed by atoms with Crippen LogP contribution in [-0.2, 0) is 6.54 Å². The summed E-state index contributed by atoms with van der Waals surface area (Å²) in [5, 5.41) is 10.2. The molecule has 2 N–H and O–H groups in total. The van der Waals surface area contributed by atoms with E-state index in [0.717, 1.165) is 31.2 Å². The Morgan fingerprint density at radius 1 is 0.806 bits per heavy atom. The molecule has 3 nitrogen and oxygen atoms in total. The van der Waals surface area contributed by atoms with Gasteiger partial charge in [0.05, 0.1) is 0 Å². The van der Waals surface area contributed by atoms with Crippen LogP contribution in [0.25, 0.3) is 16.3 Å². The zero-order chi connectivity index (χ0) is 21.3. The van der Waals surface area contributed by atoms with Crippen LogP contribution in [0.5, 0.6) is 0 Å². The van der Waals surface area contributed by atoms with Crippen molar-refractivity contribution in [3.63, 3.8) is 0 Å². The predicted molar refractivity (Wildman–Crippen MR) is 131 cm³/mol. The summed E-state index contributed by atoms with van der Waals surface area (Å²) < 4.78 is 0. The van der Waals surface area contributed by atoms with Gasteiger partial charge in [-0.05, 0) is 45.8 Å². The van der Waals surface area contributed by atoms with E-state index in [1.807, 2.05) is 30.6 Å². The van der Waals surface area contributed by atoms with Gasteiger partial charge in [-0.15, -0.1) is 0 Å². The molecule has 0 aliphatic carbocycles. The van der Waals surface area contributed by atoms with Gasteiger partial charge in [-0.2, -0.15) is 0 Å². The molecule has 31 heavy (non-hydrogen) atoms. The summed E-state index contributed by atoms with van der Waals surface area (Å²) in [5.74, 6) is 0. The number of rotatable bonds is 9. The third-order valence-electron chi connectivity index (χ3n) is 5.26. The molecule has 0 fully saturated rings. The van der Waals surface area contributed by atoms with Crippen molar-refractivity contribution in [1.29, 1.82) is 0 Å². The largest absolute Gasteiger partial charge is 0.312 e. The fourth-order valence-corrected chi connectivity index (χ4v) is 3.80. The van der Waals surface area contributed by atoms with E-state index >= 15 is 0 Å². The van der Waals surface area contributed by atoms with Crippen molar-refractivity contribution in [2.45, 2.75) is 6.54 Å². The van der Waals surface area contributed by atoms with E-state index in [9.17, 15) is 0 Å². The number of benzene rings is 3. The molecule has 0 aliphatic heterocycles. The molecule has 0 radical (unpaired) electrons. The molecule has 1 heterocycles. The van der Waals surface area contributed by atoms with Crippen LogP contribution < -0.4 is 10.6 Å². The van der Waals surface area contributed by atoms with Gasteiger partial charge in [0, 0.05) is 49.0 Å². The van der Waals surface area contributed by atoms with Crippen molar-refractivity contribution in [2.24, 2.45) is 0 Å². The molecular weight excluding hydrogens is 402 g/mol. The van der Waals surface area contributed by atoms with E-state index < -0.39 is 0 Å². The van der Waals surface area contributed by atoms with E-state index in [2.05, 4.69) is 82.4 Å². The number of halogens is 1. The predicted octanol–water partition coefficient (Wildman–Crippen LogP) is 5.70.